The van der Waals surface area contributed by atoms with Gasteiger partial charge >= 0.3 is 0 Å². The van der Waals surface area contributed by atoms with Crippen LogP contribution >= 0.6 is 15.9 Å². The summed E-state index contributed by atoms with van der Waals surface area (Å²) in [7, 11) is 1.72. The second kappa shape index (κ2) is 6.65. The number of halogens is 1. The molecular formula is C17H21BrN2O. The minimum atomic E-state index is 0.617. The van der Waals surface area contributed by atoms with Crippen LogP contribution in [0.1, 0.15) is 25.7 Å². The van der Waals surface area contributed by atoms with Crippen molar-refractivity contribution in [2.75, 3.05) is 23.9 Å². The summed E-state index contributed by atoms with van der Waals surface area (Å²) < 4.78 is 5.49. The van der Waals surface area contributed by atoms with E-state index in [0.29, 0.717) is 6.04 Å². The van der Waals surface area contributed by atoms with Gasteiger partial charge in [-0.2, -0.15) is 0 Å². The summed E-state index contributed by atoms with van der Waals surface area (Å²) in [5.74, 6) is 2.01. The third-order valence-electron chi connectivity index (χ3n) is 4.33. The second-order valence-corrected chi connectivity index (χ2v) is 6.30. The largest absolute Gasteiger partial charge is 0.496 e. The highest BCUT2D eigenvalue weighted by molar-refractivity contribution is 9.09. The van der Waals surface area contributed by atoms with Gasteiger partial charge in [0, 0.05) is 34.9 Å². The summed E-state index contributed by atoms with van der Waals surface area (Å²) in [6, 6.07) is 8.87. The molecule has 0 spiro atoms. The first-order valence-corrected chi connectivity index (χ1v) is 8.71. The van der Waals surface area contributed by atoms with E-state index in [0.717, 1.165) is 28.8 Å². The van der Waals surface area contributed by atoms with E-state index in [2.05, 4.69) is 26.9 Å². The second-order valence-electron chi connectivity index (χ2n) is 5.51. The van der Waals surface area contributed by atoms with Crippen LogP contribution in [-0.4, -0.2) is 30.0 Å². The molecule has 0 aliphatic heterocycles. The van der Waals surface area contributed by atoms with Crippen LogP contribution < -0.4 is 9.64 Å². The van der Waals surface area contributed by atoms with Crippen molar-refractivity contribution in [2.24, 2.45) is 0 Å². The zero-order valence-corrected chi connectivity index (χ0v) is 14.0. The number of nitrogens with zero attached hydrogens (tertiary/aromatic N) is 2. The molecule has 0 bridgehead atoms. The standard InChI is InChI=1S/C17H21BrN2O/c1-21-16-8-4-7-15-14(16)9-11-19-17(15)20(12-10-18)13-5-2-3-6-13/h4,7-9,11,13H,2-3,5-6,10,12H2,1H3. The summed E-state index contributed by atoms with van der Waals surface area (Å²) in [6.45, 7) is 0.994. The fourth-order valence-electron chi connectivity index (χ4n) is 3.34. The van der Waals surface area contributed by atoms with Crippen LogP contribution in [0.3, 0.4) is 0 Å². The third kappa shape index (κ3) is 2.86. The third-order valence-corrected chi connectivity index (χ3v) is 4.68. The van der Waals surface area contributed by atoms with Gasteiger partial charge < -0.3 is 9.64 Å². The average molecular weight is 349 g/mol. The first-order chi connectivity index (χ1) is 10.3. The van der Waals surface area contributed by atoms with Crippen molar-refractivity contribution in [2.45, 2.75) is 31.7 Å². The molecule has 1 heterocycles. The van der Waals surface area contributed by atoms with Crippen molar-refractivity contribution in [1.29, 1.82) is 0 Å². The number of aromatic nitrogens is 1. The lowest BCUT2D eigenvalue weighted by molar-refractivity contribution is 0.420. The molecule has 0 N–H and O–H groups in total. The van der Waals surface area contributed by atoms with Gasteiger partial charge in [0.2, 0.25) is 0 Å². The summed E-state index contributed by atoms with van der Waals surface area (Å²) in [4.78, 5) is 7.17. The molecule has 1 fully saturated rings. The molecule has 21 heavy (non-hydrogen) atoms. The molecule has 0 saturated heterocycles. The van der Waals surface area contributed by atoms with E-state index >= 15 is 0 Å². The first-order valence-electron chi connectivity index (χ1n) is 7.59. The SMILES string of the molecule is COc1cccc2c(N(CCBr)C3CCCC3)nccc12. The van der Waals surface area contributed by atoms with Gasteiger partial charge in [0.1, 0.15) is 11.6 Å². The topological polar surface area (TPSA) is 25.4 Å². The predicted molar refractivity (Wildman–Crippen MR) is 91.7 cm³/mol. The molecule has 0 unspecified atom stereocenters. The van der Waals surface area contributed by atoms with Crippen molar-refractivity contribution in [3.8, 4) is 5.75 Å². The Hall–Kier alpha value is -1.29. The molecule has 3 nitrogen and oxygen atoms in total. The van der Waals surface area contributed by atoms with Crippen molar-refractivity contribution < 1.29 is 4.74 Å². The molecule has 1 aliphatic carbocycles. The van der Waals surface area contributed by atoms with E-state index in [4.69, 9.17) is 9.72 Å². The number of benzene rings is 1. The maximum absolute atomic E-state index is 5.49. The Morgan fingerprint density at radius 2 is 2.05 bits per heavy atom. The van der Waals surface area contributed by atoms with E-state index in [9.17, 15) is 0 Å². The Balaban J connectivity index is 2.08. The monoisotopic (exact) mass is 348 g/mol. The molecule has 1 aromatic heterocycles. The number of fused-ring (bicyclic) bond motifs is 1. The highest BCUT2D eigenvalue weighted by Crippen LogP contribution is 2.34. The lowest BCUT2D eigenvalue weighted by Crippen LogP contribution is -2.35. The van der Waals surface area contributed by atoms with Gasteiger partial charge in [0.05, 0.1) is 7.11 Å². The zero-order chi connectivity index (χ0) is 14.7. The molecule has 0 radical (unpaired) electrons. The van der Waals surface area contributed by atoms with Gasteiger partial charge in [0.15, 0.2) is 0 Å². The Morgan fingerprint density at radius 1 is 1.24 bits per heavy atom. The van der Waals surface area contributed by atoms with Crippen molar-refractivity contribution in [3.63, 3.8) is 0 Å². The maximum Gasteiger partial charge on any atom is 0.136 e. The van der Waals surface area contributed by atoms with E-state index in [-0.39, 0.29) is 0 Å². The number of pyridine rings is 1. The van der Waals surface area contributed by atoms with E-state index in [1.54, 1.807) is 7.11 Å². The zero-order valence-electron chi connectivity index (χ0n) is 12.4. The fourth-order valence-corrected chi connectivity index (χ4v) is 3.72. The van der Waals surface area contributed by atoms with Crippen LogP contribution in [0.25, 0.3) is 10.8 Å². The van der Waals surface area contributed by atoms with Gasteiger partial charge in [-0.3, -0.25) is 0 Å². The molecular weight excluding hydrogens is 328 g/mol. The van der Waals surface area contributed by atoms with Gasteiger partial charge in [-0.1, -0.05) is 40.9 Å². The summed E-state index contributed by atoms with van der Waals surface area (Å²) >= 11 is 3.59. The Kier molecular flexibility index (Phi) is 4.63. The first kappa shape index (κ1) is 14.6. The molecule has 0 atom stereocenters. The molecule has 0 amide bonds. The Morgan fingerprint density at radius 3 is 2.76 bits per heavy atom. The molecule has 1 aromatic carbocycles. The fraction of sp³-hybridized carbons (Fsp3) is 0.471. The summed E-state index contributed by atoms with van der Waals surface area (Å²) in [5.41, 5.74) is 0. The van der Waals surface area contributed by atoms with E-state index in [1.165, 1.54) is 31.1 Å². The molecule has 1 aliphatic rings. The van der Waals surface area contributed by atoms with Gasteiger partial charge in [-0.25, -0.2) is 4.98 Å². The Bertz CT molecular complexity index is 611. The van der Waals surface area contributed by atoms with Crippen LogP contribution in [0.4, 0.5) is 5.82 Å². The Labute approximate surface area is 134 Å². The normalized spacial score (nSPS) is 15.5. The number of hydrogen-bond donors (Lipinski definition) is 0. The van der Waals surface area contributed by atoms with Crippen molar-refractivity contribution in [3.05, 3.63) is 30.5 Å². The maximum atomic E-state index is 5.49. The van der Waals surface area contributed by atoms with Crippen LogP contribution in [-0.2, 0) is 0 Å². The van der Waals surface area contributed by atoms with Crippen LogP contribution in [0.5, 0.6) is 5.75 Å². The minimum Gasteiger partial charge on any atom is -0.496 e. The molecule has 1 saturated carbocycles. The number of anilines is 1. The average Bonchev–Trinajstić information content (AvgIpc) is 3.05. The van der Waals surface area contributed by atoms with E-state index < -0.39 is 0 Å². The number of alkyl halides is 1. The number of rotatable bonds is 5. The van der Waals surface area contributed by atoms with E-state index in [1.807, 2.05) is 24.4 Å². The van der Waals surface area contributed by atoms with Crippen molar-refractivity contribution >= 4 is 32.5 Å². The van der Waals surface area contributed by atoms with Gasteiger partial charge in [-0.15, -0.1) is 0 Å². The van der Waals surface area contributed by atoms with Crippen LogP contribution in [0, 0.1) is 0 Å². The minimum absolute atomic E-state index is 0.617. The summed E-state index contributed by atoms with van der Waals surface area (Å²) in [6.07, 6.45) is 7.11. The molecule has 4 heteroatoms. The highest BCUT2D eigenvalue weighted by atomic mass is 79.9. The molecule has 3 rings (SSSR count). The van der Waals surface area contributed by atoms with Crippen molar-refractivity contribution in [1.82, 2.24) is 4.98 Å². The highest BCUT2D eigenvalue weighted by Gasteiger charge is 2.24. The number of ether oxygens (including phenoxy) is 1. The lowest BCUT2D eigenvalue weighted by atomic mass is 10.1. The van der Waals surface area contributed by atoms with Gasteiger partial charge in [0.25, 0.3) is 0 Å². The molecule has 112 valence electrons. The molecule has 2 aromatic rings. The van der Waals surface area contributed by atoms with Crippen LogP contribution in [0.15, 0.2) is 30.5 Å². The van der Waals surface area contributed by atoms with Gasteiger partial charge in [-0.05, 0) is 25.0 Å². The lowest BCUT2D eigenvalue weighted by Gasteiger charge is -2.30. The van der Waals surface area contributed by atoms with Crippen LogP contribution in [0.2, 0.25) is 0 Å². The quantitative estimate of drug-likeness (QED) is 0.749. The number of methoxy groups -OCH3 is 1. The summed E-state index contributed by atoms with van der Waals surface area (Å²) in [5, 5.41) is 3.29. The smallest absolute Gasteiger partial charge is 0.136 e. The predicted octanol–water partition coefficient (Wildman–Crippen LogP) is 4.39. The number of hydrogen-bond acceptors (Lipinski definition) is 3.